The summed E-state index contributed by atoms with van der Waals surface area (Å²) >= 11 is 0. The van der Waals surface area contributed by atoms with Crippen molar-refractivity contribution in [3.8, 4) is 0 Å². The molecule has 1 fully saturated rings. The largest absolute Gasteiger partial charge is 0.399 e. The van der Waals surface area contributed by atoms with Gasteiger partial charge >= 0.3 is 0 Å². The van der Waals surface area contributed by atoms with Gasteiger partial charge in [0.25, 0.3) is 0 Å². The highest BCUT2D eigenvalue weighted by molar-refractivity contribution is 7.89. The fourth-order valence-corrected chi connectivity index (χ4v) is 4.31. The number of nitrogens with two attached hydrogens (primary N) is 1. The van der Waals surface area contributed by atoms with Crippen molar-refractivity contribution in [2.45, 2.75) is 37.1 Å². The lowest BCUT2D eigenvalue weighted by Crippen LogP contribution is -2.35. The third-order valence-corrected chi connectivity index (χ3v) is 5.35. The van der Waals surface area contributed by atoms with Crippen LogP contribution < -0.4 is 5.73 Å². The van der Waals surface area contributed by atoms with Crippen molar-refractivity contribution >= 4 is 15.7 Å². The van der Waals surface area contributed by atoms with Gasteiger partial charge in [-0.25, -0.2) is 17.2 Å². The van der Waals surface area contributed by atoms with E-state index < -0.39 is 26.6 Å². The summed E-state index contributed by atoms with van der Waals surface area (Å²) in [7, 11) is -4.04. The number of rotatable bonds is 3. The van der Waals surface area contributed by atoms with Crippen LogP contribution in [0.4, 0.5) is 14.5 Å². The lowest BCUT2D eigenvalue weighted by molar-refractivity contribution is 0.375. The van der Waals surface area contributed by atoms with Gasteiger partial charge in [-0.15, -0.1) is 0 Å². The van der Waals surface area contributed by atoms with Crippen LogP contribution in [0.2, 0.25) is 0 Å². The van der Waals surface area contributed by atoms with Crippen LogP contribution in [0.25, 0.3) is 0 Å². The van der Waals surface area contributed by atoms with Crippen LogP contribution in [-0.4, -0.2) is 25.3 Å². The van der Waals surface area contributed by atoms with Crippen LogP contribution >= 0.6 is 0 Å². The van der Waals surface area contributed by atoms with E-state index in [0.717, 1.165) is 25.0 Å². The molecule has 0 saturated carbocycles. The third kappa shape index (κ3) is 2.44. The molecular formula is C12H16F2N2O2S. The third-order valence-electron chi connectivity index (χ3n) is 3.40. The summed E-state index contributed by atoms with van der Waals surface area (Å²) in [6.07, 6.45) is 2.11. The maximum Gasteiger partial charge on any atom is 0.246 e. The number of hydrogen-bond donors (Lipinski definition) is 1. The first-order chi connectivity index (χ1) is 8.87. The average molecular weight is 290 g/mol. The Morgan fingerprint density at radius 3 is 2.74 bits per heavy atom. The molecule has 0 bridgehead atoms. The molecule has 1 aromatic carbocycles. The summed E-state index contributed by atoms with van der Waals surface area (Å²) in [6, 6.07) is 1.59. The molecule has 1 saturated heterocycles. The average Bonchev–Trinajstić information content (AvgIpc) is 2.82. The Hall–Kier alpha value is -1.21. The Morgan fingerprint density at radius 2 is 2.11 bits per heavy atom. The molecule has 7 heteroatoms. The molecule has 0 amide bonds. The molecular weight excluding hydrogens is 274 g/mol. The van der Waals surface area contributed by atoms with E-state index in [0.29, 0.717) is 13.0 Å². The van der Waals surface area contributed by atoms with E-state index >= 15 is 0 Å². The normalized spacial score (nSPS) is 20.9. The first kappa shape index (κ1) is 14.2. The number of nitrogens with zero attached hydrogens (tertiary/aromatic N) is 1. The topological polar surface area (TPSA) is 63.4 Å². The molecule has 1 aliphatic rings. The van der Waals surface area contributed by atoms with Crippen molar-refractivity contribution < 1.29 is 17.2 Å². The molecule has 2 rings (SSSR count). The van der Waals surface area contributed by atoms with Crippen LogP contribution in [0, 0.1) is 11.6 Å². The second-order valence-corrected chi connectivity index (χ2v) is 6.49. The first-order valence-electron chi connectivity index (χ1n) is 6.14. The van der Waals surface area contributed by atoms with E-state index in [-0.39, 0.29) is 11.7 Å². The number of anilines is 1. The molecule has 1 aromatic rings. The Morgan fingerprint density at radius 1 is 1.42 bits per heavy atom. The van der Waals surface area contributed by atoms with Crippen molar-refractivity contribution in [1.29, 1.82) is 0 Å². The predicted octanol–water partition coefficient (Wildman–Crippen LogP) is 2.11. The molecule has 1 heterocycles. The molecule has 2 N–H and O–H groups in total. The number of nitrogen functional groups attached to an aromatic ring is 1. The zero-order chi connectivity index (χ0) is 14.2. The van der Waals surface area contributed by atoms with Gasteiger partial charge in [-0.2, -0.15) is 4.31 Å². The Labute approximate surface area is 111 Å². The van der Waals surface area contributed by atoms with E-state index in [1.165, 1.54) is 4.31 Å². The van der Waals surface area contributed by atoms with Gasteiger partial charge < -0.3 is 5.73 Å². The van der Waals surface area contributed by atoms with E-state index in [1.54, 1.807) is 0 Å². The first-order valence-corrected chi connectivity index (χ1v) is 7.58. The number of benzene rings is 1. The zero-order valence-corrected chi connectivity index (χ0v) is 11.4. The molecule has 1 aliphatic heterocycles. The van der Waals surface area contributed by atoms with Crippen molar-refractivity contribution in [2.75, 3.05) is 12.3 Å². The lowest BCUT2D eigenvalue weighted by Gasteiger charge is -2.23. The van der Waals surface area contributed by atoms with Gasteiger partial charge in [-0.05, 0) is 31.4 Å². The standard InChI is InChI=1S/C12H16F2N2O2S/c1-2-9-4-3-5-16(9)19(17,18)11-7-8(15)6-10(13)12(11)14/h6-7,9H,2-5,15H2,1H3. The molecule has 0 aromatic heterocycles. The van der Waals surface area contributed by atoms with Crippen LogP contribution in [0.5, 0.6) is 0 Å². The van der Waals surface area contributed by atoms with E-state index in [2.05, 4.69) is 0 Å². The predicted molar refractivity (Wildman–Crippen MR) is 68.0 cm³/mol. The number of halogens is 2. The van der Waals surface area contributed by atoms with Crippen LogP contribution in [0.1, 0.15) is 26.2 Å². The monoisotopic (exact) mass is 290 g/mol. The maximum absolute atomic E-state index is 13.7. The maximum atomic E-state index is 13.7. The van der Waals surface area contributed by atoms with E-state index in [4.69, 9.17) is 5.73 Å². The smallest absolute Gasteiger partial charge is 0.246 e. The fraction of sp³-hybridized carbons (Fsp3) is 0.500. The highest BCUT2D eigenvalue weighted by Gasteiger charge is 2.36. The second kappa shape index (κ2) is 5.05. The minimum atomic E-state index is -4.04. The minimum absolute atomic E-state index is 0.107. The highest BCUT2D eigenvalue weighted by atomic mass is 32.2. The quantitative estimate of drug-likeness (QED) is 0.867. The number of sulfonamides is 1. The molecule has 19 heavy (non-hydrogen) atoms. The fourth-order valence-electron chi connectivity index (χ4n) is 2.43. The van der Waals surface area contributed by atoms with Crippen LogP contribution in [0.15, 0.2) is 17.0 Å². The van der Waals surface area contributed by atoms with E-state index in [9.17, 15) is 17.2 Å². The van der Waals surface area contributed by atoms with Gasteiger partial charge in [-0.3, -0.25) is 0 Å². The van der Waals surface area contributed by atoms with Gasteiger partial charge in [0.2, 0.25) is 10.0 Å². The van der Waals surface area contributed by atoms with E-state index in [1.807, 2.05) is 6.92 Å². The van der Waals surface area contributed by atoms with Crippen LogP contribution in [0.3, 0.4) is 0 Å². The van der Waals surface area contributed by atoms with Gasteiger partial charge in [-0.1, -0.05) is 6.92 Å². The highest BCUT2D eigenvalue weighted by Crippen LogP contribution is 2.30. The van der Waals surface area contributed by atoms with Crippen molar-refractivity contribution in [3.63, 3.8) is 0 Å². The lowest BCUT2D eigenvalue weighted by atomic mass is 10.2. The van der Waals surface area contributed by atoms with Gasteiger partial charge in [0.1, 0.15) is 4.90 Å². The van der Waals surface area contributed by atoms with Crippen LogP contribution in [-0.2, 0) is 10.0 Å². The molecule has 106 valence electrons. The summed E-state index contributed by atoms with van der Waals surface area (Å²) in [5, 5.41) is 0. The minimum Gasteiger partial charge on any atom is -0.399 e. The molecule has 0 radical (unpaired) electrons. The van der Waals surface area contributed by atoms with Gasteiger partial charge in [0.15, 0.2) is 11.6 Å². The Balaban J connectivity index is 2.51. The Kier molecular flexibility index (Phi) is 3.78. The summed E-state index contributed by atoms with van der Waals surface area (Å²) in [5.41, 5.74) is 5.29. The molecule has 4 nitrogen and oxygen atoms in total. The van der Waals surface area contributed by atoms with Crippen molar-refractivity contribution in [1.82, 2.24) is 4.31 Å². The van der Waals surface area contributed by atoms with Crippen molar-refractivity contribution in [2.24, 2.45) is 0 Å². The van der Waals surface area contributed by atoms with Gasteiger partial charge in [0.05, 0.1) is 0 Å². The van der Waals surface area contributed by atoms with Crippen molar-refractivity contribution in [3.05, 3.63) is 23.8 Å². The zero-order valence-electron chi connectivity index (χ0n) is 10.6. The molecule has 1 atom stereocenters. The molecule has 0 aliphatic carbocycles. The SMILES string of the molecule is CCC1CCCN1S(=O)(=O)c1cc(N)cc(F)c1F. The summed E-state index contributed by atoms with van der Waals surface area (Å²) in [5.74, 6) is -2.61. The molecule has 1 unspecified atom stereocenters. The number of hydrogen-bond acceptors (Lipinski definition) is 3. The summed E-state index contributed by atoms with van der Waals surface area (Å²) in [6.45, 7) is 2.20. The Bertz CT molecular complexity index is 590. The summed E-state index contributed by atoms with van der Waals surface area (Å²) in [4.78, 5) is -0.676. The van der Waals surface area contributed by atoms with Gasteiger partial charge in [0, 0.05) is 18.3 Å². The summed E-state index contributed by atoms with van der Waals surface area (Å²) < 4.78 is 53.0. The second-order valence-electron chi connectivity index (χ2n) is 4.63. The molecule has 0 spiro atoms.